The van der Waals surface area contributed by atoms with Gasteiger partial charge in [-0.1, -0.05) is 56.5 Å². The number of unbranched alkanes of at least 4 members (excludes halogenated alkanes) is 2. The fraction of sp³-hybridized carbons (Fsp3) is 0.667. The first-order valence-corrected chi connectivity index (χ1v) is 8.15. The molecule has 0 radical (unpaired) electrons. The van der Waals surface area contributed by atoms with Crippen LogP contribution in [0.2, 0.25) is 0 Å². The summed E-state index contributed by atoms with van der Waals surface area (Å²) in [7, 11) is 2.24. The molecule has 1 atom stereocenters. The average molecular weight is 276 g/mol. The highest BCUT2D eigenvalue weighted by Gasteiger charge is 2.11. The smallest absolute Gasteiger partial charge is 0.0332 e. The molecule has 0 saturated heterocycles. The standard InChI is InChI=1S/C18H32N2/c1-5-7-8-14-20(4)15-13-18(19-6-2)17-11-9-16(3)10-12-17/h9-12,18-19H,5-8,13-15H2,1-4H3. The highest BCUT2D eigenvalue weighted by atomic mass is 15.1. The highest BCUT2D eigenvalue weighted by Crippen LogP contribution is 2.17. The molecule has 0 aliphatic rings. The summed E-state index contributed by atoms with van der Waals surface area (Å²) in [5.41, 5.74) is 2.75. The van der Waals surface area contributed by atoms with Crippen molar-refractivity contribution in [3.63, 3.8) is 0 Å². The molecule has 1 rings (SSSR count). The number of benzene rings is 1. The minimum Gasteiger partial charge on any atom is -0.310 e. The summed E-state index contributed by atoms with van der Waals surface area (Å²) in [6.45, 7) is 10.0. The first kappa shape index (κ1) is 17.2. The van der Waals surface area contributed by atoms with Gasteiger partial charge in [0.15, 0.2) is 0 Å². The van der Waals surface area contributed by atoms with E-state index in [2.05, 4.69) is 62.3 Å². The third-order valence-electron chi connectivity index (χ3n) is 3.87. The molecule has 0 fully saturated rings. The molecule has 0 heterocycles. The van der Waals surface area contributed by atoms with Crippen molar-refractivity contribution in [2.24, 2.45) is 0 Å². The molecule has 0 saturated carbocycles. The molecule has 0 bridgehead atoms. The molecule has 20 heavy (non-hydrogen) atoms. The van der Waals surface area contributed by atoms with Crippen LogP contribution in [0, 0.1) is 6.92 Å². The molecule has 0 aromatic heterocycles. The second-order valence-corrected chi connectivity index (χ2v) is 5.82. The van der Waals surface area contributed by atoms with Crippen LogP contribution in [0.4, 0.5) is 0 Å². The third-order valence-corrected chi connectivity index (χ3v) is 3.87. The van der Waals surface area contributed by atoms with Gasteiger partial charge in [0.2, 0.25) is 0 Å². The van der Waals surface area contributed by atoms with Crippen LogP contribution in [0.25, 0.3) is 0 Å². The van der Waals surface area contributed by atoms with Crippen LogP contribution >= 0.6 is 0 Å². The van der Waals surface area contributed by atoms with Crippen molar-refractivity contribution in [2.75, 3.05) is 26.7 Å². The van der Waals surface area contributed by atoms with E-state index in [9.17, 15) is 0 Å². The van der Waals surface area contributed by atoms with Gasteiger partial charge in [0.25, 0.3) is 0 Å². The van der Waals surface area contributed by atoms with Crippen molar-refractivity contribution in [2.45, 2.75) is 52.5 Å². The summed E-state index contributed by atoms with van der Waals surface area (Å²) >= 11 is 0. The van der Waals surface area contributed by atoms with Crippen molar-refractivity contribution in [1.82, 2.24) is 10.2 Å². The molecule has 0 aliphatic carbocycles. The zero-order valence-corrected chi connectivity index (χ0v) is 13.8. The Morgan fingerprint density at radius 2 is 1.75 bits per heavy atom. The van der Waals surface area contributed by atoms with E-state index in [1.165, 1.54) is 43.4 Å². The van der Waals surface area contributed by atoms with Crippen molar-refractivity contribution in [3.05, 3.63) is 35.4 Å². The van der Waals surface area contributed by atoms with E-state index in [-0.39, 0.29) is 0 Å². The summed E-state index contributed by atoms with van der Waals surface area (Å²) in [5, 5.41) is 3.61. The molecule has 1 N–H and O–H groups in total. The number of aryl methyl sites for hydroxylation is 1. The quantitative estimate of drug-likeness (QED) is 0.646. The van der Waals surface area contributed by atoms with Gasteiger partial charge in [-0.05, 0) is 52.0 Å². The molecule has 0 aliphatic heterocycles. The molecular weight excluding hydrogens is 244 g/mol. The Bertz CT molecular complexity index is 345. The van der Waals surface area contributed by atoms with E-state index >= 15 is 0 Å². The van der Waals surface area contributed by atoms with Crippen LogP contribution in [0.1, 0.15) is 56.7 Å². The predicted molar refractivity (Wildman–Crippen MR) is 89.2 cm³/mol. The van der Waals surface area contributed by atoms with Crippen LogP contribution in [0.5, 0.6) is 0 Å². The Kier molecular flexibility index (Phi) is 8.56. The number of hydrogen-bond acceptors (Lipinski definition) is 2. The summed E-state index contributed by atoms with van der Waals surface area (Å²) in [6, 6.07) is 9.43. The van der Waals surface area contributed by atoms with Gasteiger partial charge in [-0.25, -0.2) is 0 Å². The summed E-state index contributed by atoms with van der Waals surface area (Å²) in [6.07, 6.45) is 5.15. The van der Waals surface area contributed by atoms with Crippen LogP contribution in [-0.4, -0.2) is 31.6 Å². The van der Waals surface area contributed by atoms with Crippen LogP contribution in [0.3, 0.4) is 0 Å². The zero-order valence-electron chi connectivity index (χ0n) is 13.8. The van der Waals surface area contributed by atoms with Crippen LogP contribution in [0.15, 0.2) is 24.3 Å². The van der Waals surface area contributed by atoms with Crippen molar-refractivity contribution < 1.29 is 0 Å². The van der Waals surface area contributed by atoms with E-state index in [0.29, 0.717) is 6.04 Å². The zero-order chi connectivity index (χ0) is 14.8. The van der Waals surface area contributed by atoms with Crippen molar-refractivity contribution >= 4 is 0 Å². The molecule has 1 aromatic carbocycles. The summed E-state index contributed by atoms with van der Waals surface area (Å²) in [5.74, 6) is 0. The van der Waals surface area contributed by atoms with Crippen LogP contribution < -0.4 is 5.32 Å². The van der Waals surface area contributed by atoms with Gasteiger partial charge >= 0.3 is 0 Å². The van der Waals surface area contributed by atoms with Crippen molar-refractivity contribution in [3.8, 4) is 0 Å². The number of rotatable bonds is 10. The lowest BCUT2D eigenvalue weighted by Gasteiger charge is -2.23. The molecule has 1 aromatic rings. The molecule has 114 valence electrons. The summed E-state index contributed by atoms with van der Waals surface area (Å²) in [4.78, 5) is 2.47. The van der Waals surface area contributed by atoms with Gasteiger partial charge < -0.3 is 10.2 Å². The molecule has 1 unspecified atom stereocenters. The van der Waals surface area contributed by atoms with E-state index < -0.39 is 0 Å². The van der Waals surface area contributed by atoms with Crippen molar-refractivity contribution in [1.29, 1.82) is 0 Å². The van der Waals surface area contributed by atoms with E-state index in [4.69, 9.17) is 0 Å². The number of nitrogens with zero attached hydrogens (tertiary/aromatic N) is 1. The summed E-state index contributed by atoms with van der Waals surface area (Å²) < 4.78 is 0. The SMILES string of the molecule is CCCCCN(C)CCC(NCC)c1ccc(C)cc1. The van der Waals surface area contributed by atoms with E-state index in [0.717, 1.165) is 13.1 Å². The van der Waals surface area contributed by atoms with Gasteiger partial charge in [0, 0.05) is 6.04 Å². The Hall–Kier alpha value is -0.860. The lowest BCUT2D eigenvalue weighted by atomic mass is 10.0. The Morgan fingerprint density at radius 3 is 2.35 bits per heavy atom. The largest absolute Gasteiger partial charge is 0.310 e. The van der Waals surface area contributed by atoms with E-state index in [1.54, 1.807) is 0 Å². The second kappa shape index (κ2) is 9.95. The van der Waals surface area contributed by atoms with Gasteiger partial charge in [-0.15, -0.1) is 0 Å². The molecular formula is C18H32N2. The Morgan fingerprint density at radius 1 is 1.05 bits per heavy atom. The maximum Gasteiger partial charge on any atom is 0.0332 e. The number of nitrogens with one attached hydrogen (secondary N) is 1. The normalized spacial score (nSPS) is 12.8. The predicted octanol–water partition coefficient (Wildman–Crippen LogP) is 4.16. The second-order valence-electron chi connectivity index (χ2n) is 5.82. The maximum atomic E-state index is 3.61. The lowest BCUT2D eigenvalue weighted by molar-refractivity contribution is 0.301. The average Bonchev–Trinajstić information content (AvgIpc) is 2.45. The van der Waals surface area contributed by atoms with Crippen LogP contribution in [-0.2, 0) is 0 Å². The number of hydrogen-bond donors (Lipinski definition) is 1. The van der Waals surface area contributed by atoms with Gasteiger partial charge in [0.1, 0.15) is 0 Å². The fourth-order valence-corrected chi connectivity index (χ4v) is 2.52. The fourth-order valence-electron chi connectivity index (χ4n) is 2.52. The Balaban J connectivity index is 2.44. The first-order chi connectivity index (χ1) is 9.67. The molecule has 2 nitrogen and oxygen atoms in total. The highest BCUT2D eigenvalue weighted by molar-refractivity contribution is 5.24. The lowest BCUT2D eigenvalue weighted by Crippen LogP contribution is -2.27. The third kappa shape index (κ3) is 6.53. The molecule has 2 heteroatoms. The maximum absolute atomic E-state index is 3.61. The first-order valence-electron chi connectivity index (χ1n) is 8.15. The van der Waals surface area contributed by atoms with Gasteiger partial charge in [-0.2, -0.15) is 0 Å². The Labute approximate surface area is 125 Å². The minimum atomic E-state index is 0.481. The van der Waals surface area contributed by atoms with E-state index in [1.807, 2.05) is 0 Å². The van der Waals surface area contributed by atoms with Gasteiger partial charge in [0.05, 0.1) is 0 Å². The minimum absolute atomic E-state index is 0.481. The molecule has 0 spiro atoms. The molecule has 0 amide bonds. The monoisotopic (exact) mass is 276 g/mol. The van der Waals surface area contributed by atoms with Gasteiger partial charge in [-0.3, -0.25) is 0 Å². The topological polar surface area (TPSA) is 15.3 Å².